The summed E-state index contributed by atoms with van der Waals surface area (Å²) in [6, 6.07) is 0.145. The fourth-order valence-corrected chi connectivity index (χ4v) is 5.30. The van der Waals surface area contributed by atoms with Crippen molar-refractivity contribution in [3.8, 4) is 0 Å². The number of nitrogens with zero attached hydrogens (tertiary/aromatic N) is 2. The summed E-state index contributed by atoms with van der Waals surface area (Å²) in [5.74, 6) is -0.0364. The molecular formula is C19H25N3O3S. The van der Waals surface area contributed by atoms with Gasteiger partial charge in [0.25, 0.3) is 5.56 Å². The molecular weight excluding hydrogens is 350 g/mol. The third-order valence-corrected chi connectivity index (χ3v) is 6.78. The lowest BCUT2D eigenvalue weighted by Crippen LogP contribution is -2.39. The fourth-order valence-electron chi connectivity index (χ4n) is 4.08. The maximum atomic E-state index is 12.9. The number of fused-ring (bicyclic) bond motifs is 3. The molecule has 4 rings (SSSR count). The van der Waals surface area contributed by atoms with Gasteiger partial charge in [-0.2, -0.15) is 0 Å². The van der Waals surface area contributed by atoms with E-state index < -0.39 is 0 Å². The topological polar surface area (TPSA) is 84.2 Å². The third kappa shape index (κ3) is 3.55. The Balaban J connectivity index is 1.43. The van der Waals surface area contributed by atoms with Gasteiger partial charge in [-0.3, -0.25) is 14.2 Å². The smallest absolute Gasteiger partial charge is 0.262 e. The number of aryl methyl sites for hydroxylation is 3. The van der Waals surface area contributed by atoms with Crippen LogP contribution in [0.4, 0.5) is 0 Å². The molecule has 2 aromatic rings. The van der Waals surface area contributed by atoms with E-state index in [4.69, 9.17) is 0 Å². The van der Waals surface area contributed by atoms with Crippen LogP contribution in [0.15, 0.2) is 11.1 Å². The van der Waals surface area contributed by atoms with Crippen molar-refractivity contribution >= 4 is 27.5 Å². The number of hydrogen-bond acceptors (Lipinski definition) is 5. The van der Waals surface area contributed by atoms with Gasteiger partial charge < -0.3 is 10.4 Å². The van der Waals surface area contributed by atoms with Gasteiger partial charge in [-0.25, -0.2) is 4.98 Å². The highest BCUT2D eigenvalue weighted by Crippen LogP contribution is 2.33. The average molecular weight is 375 g/mol. The molecule has 0 bridgehead atoms. The Kier molecular flexibility index (Phi) is 5.09. The zero-order chi connectivity index (χ0) is 18.1. The maximum absolute atomic E-state index is 12.9. The highest BCUT2D eigenvalue weighted by atomic mass is 32.1. The van der Waals surface area contributed by atoms with E-state index in [-0.39, 0.29) is 30.0 Å². The van der Waals surface area contributed by atoms with Gasteiger partial charge in [0.15, 0.2) is 0 Å². The molecule has 7 heteroatoms. The molecule has 0 radical (unpaired) electrons. The van der Waals surface area contributed by atoms with Crippen molar-refractivity contribution in [1.29, 1.82) is 0 Å². The van der Waals surface area contributed by atoms with Crippen LogP contribution in [0.3, 0.4) is 0 Å². The number of carbonyl (C=O) groups is 1. The Labute approximate surface area is 156 Å². The lowest BCUT2D eigenvalue weighted by Gasteiger charge is -2.26. The van der Waals surface area contributed by atoms with Gasteiger partial charge in [0.2, 0.25) is 5.91 Å². The Morgan fingerprint density at radius 3 is 2.85 bits per heavy atom. The number of amides is 1. The molecule has 2 N–H and O–H groups in total. The van der Waals surface area contributed by atoms with Crippen LogP contribution in [0.2, 0.25) is 0 Å². The lowest BCUT2D eigenvalue weighted by molar-refractivity contribution is -0.122. The third-order valence-electron chi connectivity index (χ3n) is 5.58. The molecule has 1 fully saturated rings. The molecule has 26 heavy (non-hydrogen) atoms. The second-order valence-corrected chi connectivity index (χ2v) is 8.54. The van der Waals surface area contributed by atoms with Crippen LogP contribution >= 0.6 is 11.3 Å². The summed E-state index contributed by atoms with van der Waals surface area (Å²) in [6.45, 7) is 0.355. The van der Waals surface area contributed by atoms with Crippen molar-refractivity contribution in [3.63, 3.8) is 0 Å². The number of nitrogens with one attached hydrogen (secondary N) is 1. The summed E-state index contributed by atoms with van der Waals surface area (Å²) in [7, 11) is 0. The van der Waals surface area contributed by atoms with Crippen LogP contribution in [-0.2, 0) is 24.2 Å². The summed E-state index contributed by atoms with van der Waals surface area (Å²) in [6.07, 6.45) is 9.09. The number of hydrogen-bond donors (Lipinski definition) is 2. The second-order valence-electron chi connectivity index (χ2n) is 7.46. The average Bonchev–Trinajstić information content (AvgIpc) is 3.02. The minimum absolute atomic E-state index is 0.0111. The molecule has 0 aliphatic heterocycles. The number of rotatable bonds is 4. The summed E-state index contributed by atoms with van der Waals surface area (Å²) < 4.78 is 1.58. The number of thiophene rings is 1. The molecule has 2 aromatic heterocycles. The summed E-state index contributed by atoms with van der Waals surface area (Å²) in [5.41, 5.74) is 1.18. The zero-order valence-electron chi connectivity index (χ0n) is 14.9. The minimum atomic E-state index is -0.226. The van der Waals surface area contributed by atoms with Gasteiger partial charge in [0.05, 0.1) is 17.8 Å². The molecule has 1 amide bonds. The number of aliphatic hydroxyl groups is 1. The first-order valence-corrected chi connectivity index (χ1v) is 10.4. The van der Waals surface area contributed by atoms with E-state index in [9.17, 15) is 14.7 Å². The van der Waals surface area contributed by atoms with Crippen molar-refractivity contribution in [3.05, 3.63) is 27.1 Å². The second kappa shape index (κ2) is 7.48. The van der Waals surface area contributed by atoms with Crippen molar-refractivity contribution < 1.29 is 9.90 Å². The Hall–Kier alpha value is -1.73. The van der Waals surface area contributed by atoms with Crippen molar-refractivity contribution in [1.82, 2.24) is 14.9 Å². The first kappa shape index (κ1) is 17.7. The summed E-state index contributed by atoms with van der Waals surface area (Å²) >= 11 is 1.65. The van der Waals surface area contributed by atoms with Crippen LogP contribution in [0.1, 0.15) is 55.4 Å². The van der Waals surface area contributed by atoms with E-state index in [2.05, 4.69) is 10.3 Å². The summed E-state index contributed by atoms with van der Waals surface area (Å²) in [4.78, 5) is 31.7. The number of aromatic nitrogens is 2. The lowest BCUT2D eigenvalue weighted by atomic mass is 9.93. The van der Waals surface area contributed by atoms with E-state index in [0.717, 1.165) is 55.2 Å². The monoisotopic (exact) mass is 375 g/mol. The van der Waals surface area contributed by atoms with E-state index in [1.54, 1.807) is 22.2 Å². The predicted octanol–water partition coefficient (Wildman–Crippen LogP) is 2.15. The Morgan fingerprint density at radius 2 is 2.04 bits per heavy atom. The van der Waals surface area contributed by atoms with Crippen LogP contribution in [0.25, 0.3) is 10.2 Å². The maximum Gasteiger partial charge on any atom is 0.262 e. The Morgan fingerprint density at radius 1 is 1.27 bits per heavy atom. The SMILES string of the molecule is O=C(CCn1cnc2sc3c(c2c1=O)CCCC3)NC1CCC(O)CC1. The molecule has 2 aliphatic carbocycles. The molecule has 2 heterocycles. The number of aliphatic hydroxyl groups excluding tert-OH is 1. The zero-order valence-corrected chi connectivity index (χ0v) is 15.7. The molecule has 0 aromatic carbocycles. The van der Waals surface area contributed by atoms with E-state index in [1.165, 1.54) is 16.9 Å². The first-order chi connectivity index (χ1) is 12.6. The molecule has 0 saturated heterocycles. The highest BCUT2D eigenvalue weighted by molar-refractivity contribution is 7.18. The van der Waals surface area contributed by atoms with Crippen LogP contribution < -0.4 is 10.9 Å². The van der Waals surface area contributed by atoms with Gasteiger partial charge in [0.1, 0.15) is 4.83 Å². The first-order valence-electron chi connectivity index (χ1n) is 9.59. The summed E-state index contributed by atoms with van der Waals surface area (Å²) in [5, 5.41) is 13.3. The molecule has 140 valence electrons. The Bertz CT molecular complexity index is 865. The molecule has 2 aliphatic rings. The van der Waals surface area contributed by atoms with Crippen molar-refractivity contribution in [2.24, 2.45) is 0 Å². The van der Waals surface area contributed by atoms with Crippen molar-refractivity contribution in [2.75, 3.05) is 0 Å². The van der Waals surface area contributed by atoms with Crippen molar-refractivity contribution in [2.45, 2.75) is 76.5 Å². The van der Waals surface area contributed by atoms with Crippen LogP contribution in [0.5, 0.6) is 0 Å². The van der Waals surface area contributed by atoms with Crippen LogP contribution in [-0.4, -0.2) is 32.7 Å². The minimum Gasteiger partial charge on any atom is -0.393 e. The molecule has 0 spiro atoms. The van der Waals surface area contributed by atoms with Gasteiger partial charge in [-0.15, -0.1) is 11.3 Å². The largest absolute Gasteiger partial charge is 0.393 e. The normalized spacial score (nSPS) is 23.0. The van der Waals surface area contributed by atoms with Gasteiger partial charge >= 0.3 is 0 Å². The predicted molar refractivity (Wildman–Crippen MR) is 102 cm³/mol. The standard InChI is InChI=1S/C19H25N3O3S/c23-13-7-5-12(6-8-13)21-16(24)9-10-22-11-20-18-17(19(22)25)14-3-1-2-4-15(14)26-18/h11-13,23H,1-10H2,(H,21,24). The molecule has 1 saturated carbocycles. The molecule has 6 nitrogen and oxygen atoms in total. The van der Waals surface area contributed by atoms with Crippen LogP contribution in [0, 0.1) is 0 Å². The molecule has 0 atom stereocenters. The molecule has 0 unspecified atom stereocenters. The van der Waals surface area contributed by atoms with E-state index in [1.807, 2.05) is 0 Å². The number of carbonyl (C=O) groups excluding carboxylic acids is 1. The fraction of sp³-hybridized carbons (Fsp3) is 0.632. The highest BCUT2D eigenvalue weighted by Gasteiger charge is 2.22. The quantitative estimate of drug-likeness (QED) is 0.858. The van der Waals surface area contributed by atoms with Gasteiger partial charge in [-0.1, -0.05) is 0 Å². The van der Waals surface area contributed by atoms with E-state index >= 15 is 0 Å². The van der Waals surface area contributed by atoms with E-state index in [0.29, 0.717) is 6.54 Å². The van der Waals surface area contributed by atoms with Gasteiger partial charge in [0, 0.05) is 23.9 Å². The van der Waals surface area contributed by atoms with Gasteiger partial charge in [-0.05, 0) is 56.9 Å².